The molecule has 15 heavy (non-hydrogen) atoms. The highest BCUT2D eigenvalue weighted by Gasteiger charge is 2.21. The van der Waals surface area contributed by atoms with E-state index in [1.165, 1.54) is 12.8 Å². The lowest BCUT2D eigenvalue weighted by Crippen LogP contribution is -2.12. The van der Waals surface area contributed by atoms with Crippen LogP contribution in [0.25, 0.3) is 0 Å². The van der Waals surface area contributed by atoms with Crippen molar-refractivity contribution in [2.45, 2.75) is 32.7 Å². The zero-order chi connectivity index (χ0) is 10.7. The van der Waals surface area contributed by atoms with Gasteiger partial charge in [0.1, 0.15) is 0 Å². The largest absolute Gasteiger partial charge is 0.366 e. The van der Waals surface area contributed by atoms with E-state index < -0.39 is 0 Å². The minimum absolute atomic E-state index is 0.577. The van der Waals surface area contributed by atoms with E-state index in [0.29, 0.717) is 17.9 Å². The van der Waals surface area contributed by atoms with Gasteiger partial charge in [-0.1, -0.05) is 13.8 Å². The third-order valence-electron chi connectivity index (χ3n) is 2.16. The second-order valence-electron chi connectivity index (χ2n) is 4.36. The summed E-state index contributed by atoms with van der Waals surface area (Å²) in [5, 5.41) is 14.3. The summed E-state index contributed by atoms with van der Waals surface area (Å²) in [7, 11) is 0. The van der Waals surface area contributed by atoms with Crippen LogP contribution in [0.15, 0.2) is 6.20 Å². The van der Waals surface area contributed by atoms with E-state index in [2.05, 4.69) is 39.7 Å². The van der Waals surface area contributed by atoms with Crippen LogP contribution in [-0.2, 0) is 0 Å². The zero-order valence-electron chi connectivity index (χ0n) is 9.20. The smallest absolute Gasteiger partial charge is 0.244 e. The Hall–Kier alpha value is -1.39. The topological polar surface area (TPSA) is 62.7 Å². The van der Waals surface area contributed by atoms with Crippen LogP contribution in [0.4, 0.5) is 11.8 Å². The van der Waals surface area contributed by atoms with Crippen LogP contribution in [0.5, 0.6) is 0 Å². The highest BCUT2D eigenvalue weighted by Crippen LogP contribution is 2.23. The van der Waals surface area contributed by atoms with E-state index in [0.717, 1.165) is 12.4 Å². The van der Waals surface area contributed by atoms with Gasteiger partial charge in [-0.3, -0.25) is 0 Å². The molecule has 5 nitrogen and oxygen atoms in total. The molecule has 1 aromatic heterocycles. The van der Waals surface area contributed by atoms with Crippen molar-refractivity contribution in [2.75, 3.05) is 17.2 Å². The third-order valence-corrected chi connectivity index (χ3v) is 2.16. The summed E-state index contributed by atoms with van der Waals surface area (Å²) >= 11 is 0. The molecular formula is C10H17N5. The summed E-state index contributed by atoms with van der Waals surface area (Å²) in [5.41, 5.74) is 0. The first kappa shape index (κ1) is 10.1. The monoisotopic (exact) mass is 207 g/mol. The van der Waals surface area contributed by atoms with Crippen molar-refractivity contribution in [3.63, 3.8) is 0 Å². The van der Waals surface area contributed by atoms with E-state index in [1.807, 2.05) is 0 Å². The first-order chi connectivity index (χ1) is 7.24. The van der Waals surface area contributed by atoms with Crippen LogP contribution in [0, 0.1) is 5.92 Å². The molecule has 0 aliphatic heterocycles. The van der Waals surface area contributed by atoms with Crippen LogP contribution in [0.2, 0.25) is 0 Å². The summed E-state index contributed by atoms with van der Waals surface area (Å²) in [4.78, 5) is 4.33. The Bertz CT molecular complexity index is 321. The average Bonchev–Trinajstić information content (AvgIpc) is 2.99. The van der Waals surface area contributed by atoms with Crippen molar-refractivity contribution >= 4 is 11.8 Å². The van der Waals surface area contributed by atoms with E-state index >= 15 is 0 Å². The molecule has 1 aliphatic carbocycles. The van der Waals surface area contributed by atoms with Gasteiger partial charge in [0.2, 0.25) is 5.95 Å². The van der Waals surface area contributed by atoms with E-state index in [1.54, 1.807) is 6.20 Å². The molecule has 1 aliphatic rings. The Morgan fingerprint density at radius 3 is 2.93 bits per heavy atom. The van der Waals surface area contributed by atoms with Crippen LogP contribution in [-0.4, -0.2) is 27.8 Å². The average molecular weight is 207 g/mol. The number of hydrogen-bond donors (Lipinski definition) is 2. The predicted molar refractivity (Wildman–Crippen MR) is 59.8 cm³/mol. The lowest BCUT2D eigenvalue weighted by molar-refractivity contribution is 0.682. The maximum atomic E-state index is 4.33. The van der Waals surface area contributed by atoms with Gasteiger partial charge in [0.05, 0.1) is 6.20 Å². The molecule has 2 rings (SSSR count). The lowest BCUT2D eigenvalue weighted by Gasteiger charge is -2.08. The minimum atomic E-state index is 0.577. The fourth-order valence-electron chi connectivity index (χ4n) is 1.18. The van der Waals surface area contributed by atoms with Gasteiger partial charge in [-0.15, -0.1) is 5.10 Å². The maximum Gasteiger partial charge on any atom is 0.244 e. The third kappa shape index (κ3) is 3.34. The summed E-state index contributed by atoms with van der Waals surface area (Å²) in [6.45, 7) is 5.16. The number of rotatable bonds is 5. The van der Waals surface area contributed by atoms with Crippen LogP contribution < -0.4 is 10.6 Å². The van der Waals surface area contributed by atoms with Gasteiger partial charge in [0.15, 0.2) is 5.82 Å². The molecule has 82 valence electrons. The molecule has 0 spiro atoms. The molecule has 0 unspecified atom stereocenters. The maximum absolute atomic E-state index is 4.33. The Kier molecular flexibility index (Phi) is 2.99. The fourth-order valence-corrected chi connectivity index (χ4v) is 1.18. The van der Waals surface area contributed by atoms with Gasteiger partial charge in [0.25, 0.3) is 0 Å². The Morgan fingerprint density at radius 2 is 2.27 bits per heavy atom. The molecule has 0 bridgehead atoms. The number of nitrogens with zero attached hydrogens (tertiary/aromatic N) is 3. The summed E-state index contributed by atoms with van der Waals surface area (Å²) in [6, 6.07) is 0.597. The number of aromatic nitrogens is 3. The molecule has 0 radical (unpaired) electrons. The van der Waals surface area contributed by atoms with Crippen LogP contribution >= 0.6 is 0 Å². The quantitative estimate of drug-likeness (QED) is 0.766. The second kappa shape index (κ2) is 4.42. The Morgan fingerprint density at radius 1 is 1.47 bits per heavy atom. The minimum Gasteiger partial charge on any atom is -0.366 e. The van der Waals surface area contributed by atoms with Crippen LogP contribution in [0.3, 0.4) is 0 Å². The van der Waals surface area contributed by atoms with Gasteiger partial charge in [-0.05, 0) is 18.8 Å². The Labute approximate surface area is 89.7 Å². The molecule has 0 atom stereocenters. The van der Waals surface area contributed by atoms with Gasteiger partial charge in [-0.2, -0.15) is 10.1 Å². The molecule has 1 aromatic rings. The first-order valence-electron chi connectivity index (χ1n) is 5.44. The Balaban J connectivity index is 1.92. The SMILES string of the molecule is CC(C)CNc1nncc(NC2CC2)n1. The molecule has 2 N–H and O–H groups in total. The first-order valence-corrected chi connectivity index (χ1v) is 5.44. The number of nitrogens with one attached hydrogen (secondary N) is 2. The predicted octanol–water partition coefficient (Wildman–Crippen LogP) is 1.51. The van der Waals surface area contributed by atoms with Gasteiger partial charge in [0, 0.05) is 12.6 Å². The summed E-state index contributed by atoms with van der Waals surface area (Å²) in [6.07, 6.45) is 4.14. The molecule has 5 heteroatoms. The molecule has 1 saturated carbocycles. The van der Waals surface area contributed by atoms with Crippen molar-refractivity contribution in [1.29, 1.82) is 0 Å². The highest BCUT2D eigenvalue weighted by molar-refractivity contribution is 5.38. The van der Waals surface area contributed by atoms with E-state index in [9.17, 15) is 0 Å². The summed E-state index contributed by atoms with van der Waals surface area (Å²) < 4.78 is 0. The van der Waals surface area contributed by atoms with E-state index in [-0.39, 0.29) is 0 Å². The lowest BCUT2D eigenvalue weighted by atomic mass is 10.2. The van der Waals surface area contributed by atoms with Crippen molar-refractivity contribution in [3.8, 4) is 0 Å². The van der Waals surface area contributed by atoms with Crippen molar-refractivity contribution in [2.24, 2.45) is 5.92 Å². The highest BCUT2D eigenvalue weighted by atomic mass is 15.3. The van der Waals surface area contributed by atoms with Gasteiger partial charge >= 0.3 is 0 Å². The molecule has 1 heterocycles. The molecule has 1 fully saturated rings. The zero-order valence-corrected chi connectivity index (χ0v) is 9.20. The van der Waals surface area contributed by atoms with Crippen molar-refractivity contribution in [1.82, 2.24) is 15.2 Å². The van der Waals surface area contributed by atoms with Crippen molar-refractivity contribution in [3.05, 3.63) is 6.20 Å². The van der Waals surface area contributed by atoms with Gasteiger partial charge in [-0.25, -0.2) is 0 Å². The van der Waals surface area contributed by atoms with E-state index in [4.69, 9.17) is 0 Å². The van der Waals surface area contributed by atoms with Crippen molar-refractivity contribution < 1.29 is 0 Å². The number of hydrogen-bond acceptors (Lipinski definition) is 5. The number of anilines is 2. The van der Waals surface area contributed by atoms with Gasteiger partial charge < -0.3 is 10.6 Å². The molecule has 0 amide bonds. The normalized spacial score (nSPS) is 15.4. The molecular weight excluding hydrogens is 190 g/mol. The molecule has 0 saturated heterocycles. The molecule has 0 aromatic carbocycles. The second-order valence-corrected chi connectivity index (χ2v) is 4.36. The van der Waals surface area contributed by atoms with Crippen LogP contribution in [0.1, 0.15) is 26.7 Å². The summed E-state index contributed by atoms with van der Waals surface area (Å²) in [5.74, 6) is 2.00. The standard InChI is InChI=1S/C10H17N5/c1-7(2)5-11-10-14-9(6-12-15-10)13-8-3-4-8/h6-8H,3-5H2,1-2H3,(H2,11,13,14,15). The fraction of sp³-hybridized carbons (Fsp3) is 0.700.